The number of methoxy groups -OCH3 is 1. The Labute approximate surface area is 69.1 Å². The van der Waals surface area contributed by atoms with Gasteiger partial charge in [-0.25, -0.2) is 0 Å². The molecule has 0 spiro atoms. The quantitative estimate of drug-likeness (QED) is 0.593. The molecular formula is C10H18O. The molecular weight excluding hydrogens is 136 g/mol. The summed E-state index contributed by atoms with van der Waals surface area (Å²) in [6.07, 6.45) is 4.79. The lowest BCUT2D eigenvalue weighted by Crippen LogP contribution is -2.06. The fourth-order valence-corrected chi connectivity index (χ4v) is 3.20. The van der Waals surface area contributed by atoms with E-state index in [0.29, 0.717) is 11.5 Å². The molecule has 2 saturated carbocycles. The Balaban J connectivity index is 2.06. The number of ether oxygens (including phenoxy) is 1. The van der Waals surface area contributed by atoms with Crippen molar-refractivity contribution in [3.05, 3.63) is 0 Å². The van der Waals surface area contributed by atoms with Gasteiger partial charge in [-0.2, -0.15) is 0 Å². The van der Waals surface area contributed by atoms with E-state index < -0.39 is 0 Å². The van der Waals surface area contributed by atoms with Gasteiger partial charge in [0.05, 0.1) is 6.10 Å². The first-order valence-corrected chi connectivity index (χ1v) is 4.77. The molecule has 1 nitrogen and oxygen atoms in total. The van der Waals surface area contributed by atoms with Crippen LogP contribution < -0.4 is 0 Å². The summed E-state index contributed by atoms with van der Waals surface area (Å²) < 4.78 is 5.46. The zero-order chi connectivity index (χ0) is 8.06. The van der Waals surface area contributed by atoms with Crippen LogP contribution in [0, 0.1) is 17.3 Å². The van der Waals surface area contributed by atoms with E-state index in [4.69, 9.17) is 4.74 Å². The number of hydrogen-bond acceptors (Lipinski definition) is 1. The third-order valence-corrected chi connectivity index (χ3v) is 3.97. The van der Waals surface area contributed by atoms with Crippen molar-refractivity contribution in [2.45, 2.75) is 39.2 Å². The molecule has 0 amide bonds. The molecule has 0 N–H and O–H groups in total. The van der Waals surface area contributed by atoms with Crippen LogP contribution in [0.15, 0.2) is 0 Å². The largest absolute Gasteiger partial charge is 0.381 e. The second-order valence-electron chi connectivity index (χ2n) is 4.39. The van der Waals surface area contributed by atoms with Crippen molar-refractivity contribution in [1.82, 2.24) is 0 Å². The molecule has 0 aliphatic heterocycles. The lowest BCUT2D eigenvalue weighted by atomic mass is 10.0. The van der Waals surface area contributed by atoms with Crippen molar-refractivity contribution < 1.29 is 4.74 Å². The Morgan fingerprint density at radius 2 is 2.27 bits per heavy atom. The van der Waals surface area contributed by atoms with Crippen molar-refractivity contribution in [3.63, 3.8) is 0 Å². The minimum atomic E-state index is 0.579. The fraction of sp³-hybridized carbons (Fsp3) is 1.00. The highest BCUT2D eigenvalue weighted by molar-refractivity contribution is 5.16. The molecule has 0 aromatic heterocycles. The molecule has 0 bridgehead atoms. The summed E-state index contributed by atoms with van der Waals surface area (Å²) in [4.78, 5) is 0. The van der Waals surface area contributed by atoms with Gasteiger partial charge < -0.3 is 4.74 Å². The highest BCUT2D eigenvalue weighted by atomic mass is 16.5. The average molecular weight is 154 g/mol. The Bertz CT molecular complexity index is 160. The lowest BCUT2D eigenvalue weighted by molar-refractivity contribution is 0.124. The first-order valence-electron chi connectivity index (χ1n) is 4.77. The maximum atomic E-state index is 5.46. The Kier molecular flexibility index (Phi) is 1.54. The highest BCUT2D eigenvalue weighted by Crippen LogP contribution is 2.67. The van der Waals surface area contributed by atoms with Crippen LogP contribution in [0.5, 0.6) is 0 Å². The van der Waals surface area contributed by atoms with Crippen molar-refractivity contribution in [2.24, 2.45) is 17.3 Å². The minimum absolute atomic E-state index is 0.579. The summed E-state index contributed by atoms with van der Waals surface area (Å²) in [7, 11) is 1.86. The smallest absolute Gasteiger partial charge is 0.0665 e. The van der Waals surface area contributed by atoms with E-state index in [2.05, 4.69) is 13.8 Å². The van der Waals surface area contributed by atoms with E-state index >= 15 is 0 Å². The second-order valence-corrected chi connectivity index (χ2v) is 4.39. The first kappa shape index (κ1) is 7.60. The molecule has 4 atom stereocenters. The maximum Gasteiger partial charge on any atom is 0.0665 e. The summed E-state index contributed by atoms with van der Waals surface area (Å²) in [6.45, 7) is 4.70. The Morgan fingerprint density at radius 3 is 2.73 bits per heavy atom. The predicted molar refractivity (Wildman–Crippen MR) is 45.4 cm³/mol. The molecule has 0 aromatic carbocycles. The van der Waals surface area contributed by atoms with Gasteiger partial charge in [-0.05, 0) is 30.1 Å². The van der Waals surface area contributed by atoms with E-state index in [-0.39, 0.29) is 0 Å². The summed E-state index contributed by atoms with van der Waals surface area (Å²) in [5.74, 6) is 1.86. The summed E-state index contributed by atoms with van der Waals surface area (Å²) in [5, 5.41) is 0. The zero-order valence-corrected chi connectivity index (χ0v) is 7.76. The van der Waals surface area contributed by atoms with Gasteiger partial charge >= 0.3 is 0 Å². The second kappa shape index (κ2) is 2.22. The van der Waals surface area contributed by atoms with E-state index in [1.165, 1.54) is 19.3 Å². The van der Waals surface area contributed by atoms with Crippen LogP contribution in [-0.4, -0.2) is 13.2 Å². The predicted octanol–water partition coefficient (Wildman–Crippen LogP) is 2.46. The van der Waals surface area contributed by atoms with Crippen molar-refractivity contribution >= 4 is 0 Å². The highest BCUT2D eigenvalue weighted by Gasteiger charge is 2.67. The van der Waals surface area contributed by atoms with Gasteiger partial charge in [-0.3, -0.25) is 0 Å². The van der Waals surface area contributed by atoms with Gasteiger partial charge in [0, 0.05) is 7.11 Å². The van der Waals surface area contributed by atoms with Crippen LogP contribution in [0.1, 0.15) is 33.1 Å². The van der Waals surface area contributed by atoms with Crippen LogP contribution in [-0.2, 0) is 4.74 Å². The van der Waals surface area contributed by atoms with Gasteiger partial charge in [0.2, 0.25) is 0 Å². The third kappa shape index (κ3) is 0.807. The van der Waals surface area contributed by atoms with Gasteiger partial charge in [0.25, 0.3) is 0 Å². The number of hydrogen-bond donors (Lipinski definition) is 0. The van der Waals surface area contributed by atoms with Crippen LogP contribution in [0.2, 0.25) is 0 Å². The molecule has 2 aliphatic carbocycles. The molecule has 2 rings (SSSR count). The molecule has 2 fully saturated rings. The van der Waals surface area contributed by atoms with Crippen LogP contribution in [0.3, 0.4) is 0 Å². The van der Waals surface area contributed by atoms with Crippen LogP contribution in [0.25, 0.3) is 0 Å². The number of rotatable bonds is 2. The van der Waals surface area contributed by atoms with E-state index in [0.717, 1.165) is 11.8 Å². The first-order chi connectivity index (χ1) is 5.24. The van der Waals surface area contributed by atoms with Crippen LogP contribution in [0.4, 0.5) is 0 Å². The van der Waals surface area contributed by atoms with E-state index in [9.17, 15) is 0 Å². The van der Waals surface area contributed by atoms with Crippen molar-refractivity contribution in [1.29, 1.82) is 0 Å². The topological polar surface area (TPSA) is 9.23 Å². The molecule has 1 heteroatoms. The van der Waals surface area contributed by atoms with Gasteiger partial charge in [-0.1, -0.05) is 20.3 Å². The molecule has 64 valence electrons. The molecule has 3 unspecified atom stereocenters. The average Bonchev–Trinajstić information content (AvgIpc) is 2.45. The van der Waals surface area contributed by atoms with E-state index in [1.54, 1.807) is 0 Å². The van der Waals surface area contributed by atoms with Gasteiger partial charge in [0.1, 0.15) is 0 Å². The Hall–Kier alpha value is -0.0400. The van der Waals surface area contributed by atoms with Gasteiger partial charge in [0.15, 0.2) is 0 Å². The summed E-state index contributed by atoms with van der Waals surface area (Å²) in [5.41, 5.74) is 0.579. The summed E-state index contributed by atoms with van der Waals surface area (Å²) in [6, 6.07) is 0. The lowest BCUT2D eigenvalue weighted by Gasteiger charge is -2.10. The normalized spacial score (nSPS) is 54.3. The van der Waals surface area contributed by atoms with Crippen LogP contribution >= 0.6 is 0 Å². The molecule has 0 saturated heterocycles. The maximum absolute atomic E-state index is 5.46. The van der Waals surface area contributed by atoms with Crippen molar-refractivity contribution in [2.75, 3.05) is 7.11 Å². The molecule has 11 heavy (non-hydrogen) atoms. The fourth-order valence-electron chi connectivity index (χ4n) is 3.20. The molecule has 0 aromatic rings. The number of fused-ring (bicyclic) bond motifs is 1. The third-order valence-electron chi connectivity index (χ3n) is 3.97. The monoisotopic (exact) mass is 154 g/mol. The standard InChI is InChI=1S/C10H18O/c1-4-7-5-6-10(2)8(7)9(10)11-3/h7-9H,4-6H2,1-3H3/t7?,8?,9?,10-/m0/s1. The molecule has 2 aliphatic rings. The van der Waals surface area contributed by atoms with Gasteiger partial charge in [-0.15, -0.1) is 0 Å². The Morgan fingerprint density at radius 1 is 1.55 bits per heavy atom. The molecule has 0 heterocycles. The summed E-state index contributed by atoms with van der Waals surface area (Å²) >= 11 is 0. The minimum Gasteiger partial charge on any atom is -0.381 e. The van der Waals surface area contributed by atoms with E-state index in [1.807, 2.05) is 7.11 Å². The SMILES string of the molecule is CCC1CC[C@]2(C)C(OC)C12. The molecule has 0 radical (unpaired) electrons. The zero-order valence-electron chi connectivity index (χ0n) is 7.76. The van der Waals surface area contributed by atoms with Crippen molar-refractivity contribution in [3.8, 4) is 0 Å².